The van der Waals surface area contributed by atoms with E-state index in [1.54, 1.807) is 7.11 Å². The molecule has 0 saturated carbocycles. The summed E-state index contributed by atoms with van der Waals surface area (Å²) in [6, 6.07) is 16.1. The highest BCUT2D eigenvalue weighted by Crippen LogP contribution is 2.23. The molecule has 0 saturated heterocycles. The Bertz CT molecular complexity index is 779. The molecule has 0 bridgehead atoms. The Labute approximate surface area is 135 Å². The van der Waals surface area contributed by atoms with Crippen LogP contribution in [0.1, 0.15) is 5.56 Å². The van der Waals surface area contributed by atoms with Crippen molar-refractivity contribution in [3.63, 3.8) is 0 Å². The van der Waals surface area contributed by atoms with Gasteiger partial charge in [0.15, 0.2) is 0 Å². The summed E-state index contributed by atoms with van der Waals surface area (Å²) in [7, 11) is 1.68. The topological polar surface area (TPSA) is 43.6 Å². The van der Waals surface area contributed by atoms with Gasteiger partial charge in [0.1, 0.15) is 11.5 Å². The van der Waals surface area contributed by atoms with Crippen LogP contribution in [-0.2, 0) is 13.0 Å². The third kappa shape index (κ3) is 3.48. The lowest BCUT2D eigenvalue weighted by Gasteiger charge is -2.10. The largest absolute Gasteiger partial charge is 0.496 e. The van der Waals surface area contributed by atoms with Gasteiger partial charge >= 0.3 is 0 Å². The van der Waals surface area contributed by atoms with Gasteiger partial charge in [0.25, 0.3) is 0 Å². The minimum Gasteiger partial charge on any atom is -0.496 e. The number of aliphatic hydroxyl groups excluding tert-OH is 1. The maximum absolute atomic E-state index is 9.12. The molecule has 0 aliphatic rings. The molecule has 0 amide bonds. The molecule has 0 fully saturated rings. The van der Waals surface area contributed by atoms with E-state index in [0.717, 1.165) is 34.4 Å². The minimum absolute atomic E-state index is 0.128. The average molecular weight is 311 g/mol. The molecule has 3 aromatic rings. The fourth-order valence-electron chi connectivity index (χ4n) is 2.74. The second-order valence-electron chi connectivity index (χ2n) is 5.36. The van der Waals surface area contributed by atoms with Crippen LogP contribution < -0.4 is 9.47 Å². The molecule has 0 aliphatic carbocycles. The van der Waals surface area contributed by atoms with Gasteiger partial charge in [-0.3, -0.25) is 0 Å². The van der Waals surface area contributed by atoms with Crippen molar-refractivity contribution in [1.82, 2.24) is 4.57 Å². The Hall–Kier alpha value is -2.46. The highest BCUT2D eigenvalue weighted by Gasteiger charge is 2.05. The van der Waals surface area contributed by atoms with E-state index in [-0.39, 0.29) is 6.61 Å². The lowest BCUT2D eigenvalue weighted by molar-refractivity contribution is 0.278. The minimum atomic E-state index is 0.128. The van der Waals surface area contributed by atoms with Crippen LogP contribution in [0.25, 0.3) is 10.9 Å². The van der Waals surface area contributed by atoms with E-state index in [9.17, 15) is 0 Å². The van der Waals surface area contributed by atoms with Crippen molar-refractivity contribution in [2.24, 2.45) is 0 Å². The standard InChI is InChI=1S/C19H21NO3/c1-22-19-5-3-2-4-16(19)9-13-23-17-7-6-15-8-10-20(11-12-21)18(15)14-17/h2-8,10,14,21H,9,11-13H2,1H3. The normalized spacial score (nSPS) is 10.9. The summed E-state index contributed by atoms with van der Waals surface area (Å²) in [5.41, 5.74) is 2.22. The van der Waals surface area contributed by atoms with Gasteiger partial charge in [-0.15, -0.1) is 0 Å². The molecule has 0 aliphatic heterocycles. The van der Waals surface area contributed by atoms with Gasteiger partial charge in [0.2, 0.25) is 0 Å². The molecule has 0 spiro atoms. The fourth-order valence-corrected chi connectivity index (χ4v) is 2.74. The monoisotopic (exact) mass is 311 g/mol. The van der Waals surface area contributed by atoms with E-state index in [1.807, 2.05) is 53.2 Å². The van der Waals surface area contributed by atoms with Gasteiger partial charge in [-0.1, -0.05) is 18.2 Å². The molecule has 0 atom stereocenters. The summed E-state index contributed by atoms with van der Waals surface area (Å²) in [5.74, 6) is 1.73. The number of hydrogen-bond acceptors (Lipinski definition) is 3. The van der Waals surface area contributed by atoms with Crippen molar-refractivity contribution in [3.8, 4) is 11.5 Å². The zero-order chi connectivity index (χ0) is 16.1. The van der Waals surface area contributed by atoms with Crippen molar-refractivity contribution in [1.29, 1.82) is 0 Å². The van der Waals surface area contributed by atoms with E-state index < -0.39 is 0 Å². The number of fused-ring (bicyclic) bond motifs is 1. The van der Waals surface area contributed by atoms with Gasteiger partial charge in [0, 0.05) is 25.2 Å². The lowest BCUT2D eigenvalue weighted by Crippen LogP contribution is -2.03. The van der Waals surface area contributed by atoms with Crippen LogP contribution in [0.15, 0.2) is 54.7 Å². The van der Waals surface area contributed by atoms with Gasteiger partial charge in [0.05, 0.1) is 25.8 Å². The molecule has 120 valence electrons. The summed E-state index contributed by atoms with van der Waals surface area (Å²) < 4.78 is 13.3. The van der Waals surface area contributed by atoms with Crippen molar-refractivity contribution < 1.29 is 14.6 Å². The molecule has 4 heteroatoms. The van der Waals surface area contributed by atoms with Crippen LogP contribution in [0, 0.1) is 0 Å². The number of hydrogen-bond donors (Lipinski definition) is 1. The van der Waals surface area contributed by atoms with Crippen LogP contribution in [-0.4, -0.2) is 30.0 Å². The second kappa shape index (κ2) is 7.20. The van der Waals surface area contributed by atoms with E-state index in [4.69, 9.17) is 14.6 Å². The van der Waals surface area contributed by atoms with E-state index in [0.29, 0.717) is 13.2 Å². The summed E-state index contributed by atoms with van der Waals surface area (Å²) in [6.07, 6.45) is 2.78. The number of benzene rings is 2. The lowest BCUT2D eigenvalue weighted by atomic mass is 10.1. The predicted octanol–water partition coefficient (Wildman–Crippen LogP) is 3.26. The van der Waals surface area contributed by atoms with E-state index >= 15 is 0 Å². The number of aliphatic hydroxyl groups is 1. The first kappa shape index (κ1) is 15.4. The first-order valence-corrected chi connectivity index (χ1v) is 7.76. The zero-order valence-corrected chi connectivity index (χ0v) is 13.2. The summed E-state index contributed by atoms with van der Waals surface area (Å²) in [5, 5.41) is 10.3. The molecule has 1 aromatic heterocycles. The summed E-state index contributed by atoms with van der Waals surface area (Å²) in [6.45, 7) is 1.31. The maximum Gasteiger partial charge on any atom is 0.122 e. The first-order valence-electron chi connectivity index (χ1n) is 7.76. The third-order valence-corrected chi connectivity index (χ3v) is 3.92. The Morgan fingerprint density at radius 1 is 1.09 bits per heavy atom. The molecule has 1 heterocycles. The Morgan fingerprint density at radius 3 is 2.78 bits per heavy atom. The quantitative estimate of drug-likeness (QED) is 0.728. The van der Waals surface area contributed by atoms with Crippen LogP contribution in [0.2, 0.25) is 0 Å². The zero-order valence-electron chi connectivity index (χ0n) is 13.2. The fraction of sp³-hybridized carbons (Fsp3) is 0.263. The van der Waals surface area contributed by atoms with Crippen LogP contribution in [0.3, 0.4) is 0 Å². The smallest absolute Gasteiger partial charge is 0.122 e. The van der Waals surface area contributed by atoms with Crippen molar-refractivity contribution in [2.45, 2.75) is 13.0 Å². The molecular weight excluding hydrogens is 290 g/mol. The number of para-hydroxylation sites is 1. The Kier molecular flexibility index (Phi) is 4.83. The number of aromatic nitrogens is 1. The Morgan fingerprint density at radius 2 is 1.96 bits per heavy atom. The summed E-state index contributed by atoms with van der Waals surface area (Å²) in [4.78, 5) is 0. The van der Waals surface area contributed by atoms with Crippen LogP contribution in [0.5, 0.6) is 11.5 Å². The first-order chi connectivity index (χ1) is 11.3. The molecular formula is C19H21NO3. The molecule has 3 rings (SSSR count). The molecule has 23 heavy (non-hydrogen) atoms. The van der Waals surface area contributed by atoms with Gasteiger partial charge in [-0.25, -0.2) is 0 Å². The average Bonchev–Trinajstić information content (AvgIpc) is 2.98. The van der Waals surface area contributed by atoms with Gasteiger partial charge < -0.3 is 19.1 Å². The van der Waals surface area contributed by atoms with Crippen molar-refractivity contribution in [3.05, 3.63) is 60.3 Å². The number of ether oxygens (including phenoxy) is 2. The highest BCUT2D eigenvalue weighted by molar-refractivity contribution is 5.81. The molecule has 4 nitrogen and oxygen atoms in total. The van der Waals surface area contributed by atoms with Crippen molar-refractivity contribution in [2.75, 3.05) is 20.3 Å². The van der Waals surface area contributed by atoms with Gasteiger partial charge in [-0.2, -0.15) is 0 Å². The van der Waals surface area contributed by atoms with E-state index in [2.05, 4.69) is 6.07 Å². The third-order valence-electron chi connectivity index (χ3n) is 3.92. The second-order valence-corrected chi connectivity index (χ2v) is 5.36. The SMILES string of the molecule is COc1ccccc1CCOc1ccc2ccn(CCO)c2c1. The van der Waals surface area contributed by atoms with E-state index in [1.165, 1.54) is 0 Å². The highest BCUT2D eigenvalue weighted by atomic mass is 16.5. The number of methoxy groups -OCH3 is 1. The number of rotatable bonds is 7. The molecule has 2 aromatic carbocycles. The van der Waals surface area contributed by atoms with Crippen LogP contribution >= 0.6 is 0 Å². The number of nitrogens with zero attached hydrogens (tertiary/aromatic N) is 1. The van der Waals surface area contributed by atoms with Crippen LogP contribution in [0.4, 0.5) is 0 Å². The molecule has 0 radical (unpaired) electrons. The van der Waals surface area contributed by atoms with Gasteiger partial charge in [-0.05, 0) is 35.2 Å². The molecule has 1 N–H and O–H groups in total. The Balaban J connectivity index is 1.68. The summed E-state index contributed by atoms with van der Waals surface area (Å²) >= 11 is 0. The maximum atomic E-state index is 9.12. The molecule has 0 unspecified atom stereocenters. The van der Waals surface area contributed by atoms with Crippen molar-refractivity contribution >= 4 is 10.9 Å². The predicted molar refractivity (Wildman–Crippen MR) is 91.2 cm³/mol.